The van der Waals surface area contributed by atoms with Crippen LogP contribution >= 0.6 is 0 Å². The summed E-state index contributed by atoms with van der Waals surface area (Å²) in [7, 11) is 4.02. The highest BCUT2D eigenvalue weighted by atomic mass is 15.4. The van der Waals surface area contributed by atoms with E-state index in [1.54, 1.807) is 0 Å². The van der Waals surface area contributed by atoms with Crippen molar-refractivity contribution < 1.29 is 0 Å². The minimum absolute atomic E-state index is 0.833. The van der Waals surface area contributed by atoms with E-state index in [0.29, 0.717) is 0 Å². The summed E-state index contributed by atoms with van der Waals surface area (Å²) in [6.07, 6.45) is 3.00. The first-order chi connectivity index (χ1) is 15.4. The summed E-state index contributed by atoms with van der Waals surface area (Å²) in [5.41, 5.74) is 7.42. The van der Waals surface area contributed by atoms with Gasteiger partial charge in [0.2, 0.25) is 0 Å². The maximum Gasteiger partial charge on any atom is 0.165 e. The van der Waals surface area contributed by atoms with Gasteiger partial charge in [-0.2, -0.15) is 9.61 Å². The minimum Gasteiger partial charge on any atom is -0.363 e. The Morgan fingerprint density at radius 1 is 1.00 bits per heavy atom. The molecular weight excluding hydrogens is 396 g/mol. The molecule has 0 atom stereocenters. The fourth-order valence-corrected chi connectivity index (χ4v) is 4.16. The fourth-order valence-electron chi connectivity index (χ4n) is 4.16. The van der Waals surface area contributed by atoms with Gasteiger partial charge in [-0.05, 0) is 44.4 Å². The van der Waals surface area contributed by atoms with Gasteiger partial charge in [-0.15, -0.1) is 0 Å². The molecule has 0 radical (unpaired) electrons. The monoisotopic (exact) mass is 428 g/mol. The number of pyridine rings is 1. The van der Waals surface area contributed by atoms with Gasteiger partial charge >= 0.3 is 0 Å². The molecule has 0 saturated heterocycles. The zero-order chi connectivity index (χ0) is 22.8. The van der Waals surface area contributed by atoms with Gasteiger partial charge in [-0.1, -0.05) is 37.3 Å². The highest BCUT2D eigenvalue weighted by molar-refractivity contribution is 5.83. The molecule has 0 amide bonds. The van der Waals surface area contributed by atoms with Crippen molar-refractivity contribution in [1.29, 1.82) is 0 Å². The second-order valence-corrected chi connectivity index (χ2v) is 8.61. The summed E-state index contributed by atoms with van der Waals surface area (Å²) >= 11 is 0. The molecule has 3 heterocycles. The van der Waals surface area contributed by atoms with Gasteiger partial charge in [0, 0.05) is 50.7 Å². The number of benzene rings is 1. The number of hydrogen-bond donors (Lipinski definition) is 0. The Balaban J connectivity index is 1.86. The molecule has 0 unspecified atom stereocenters. The lowest BCUT2D eigenvalue weighted by Crippen LogP contribution is -2.26. The number of rotatable bonds is 7. The van der Waals surface area contributed by atoms with Crippen molar-refractivity contribution in [2.45, 2.75) is 40.7 Å². The van der Waals surface area contributed by atoms with Crippen molar-refractivity contribution in [3.05, 3.63) is 71.2 Å². The van der Waals surface area contributed by atoms with Gasteiger partial charge in [0.25, 0.3) is 0 Å². The molecule has 0 aliphatic carbocycles. The molecule has 6 nitrogen and oxygen atoms in total. The molecule has 0 N–H and O–H groups in total. The largest absolute Gasteiger partial charge is 0.363 e. The highest BCUT2D eigenvalue weighted by Gasteiger charge is 2.20. The molecule has 0 fully saturated rings. The van der Waals surface area contributed by atoms with Crippen LogP contribution in [0.2, 0.25) is 0 Å². The Morgan fingerprint density at radius 2 is 1.75 bits per heavy atom. The van der Waals surface area contributed by atoms with E-state index in [0.717, 1.165) is 59.3 Å². The SMILES string of the molecule is CCCN(Cc1ccccc1)c1cc(C)nc2c(-c3cnc(N(C)C)cc3C)c(C)nn12. The van der Waals surface area contributed by atoms with E-state index >= 15 is 0 Å². The van der Waals surface area contributed by atoms with E-state index in [9.17, 15) is 0 Å². The Kier molecular flexibility index (Phi) is 6.12. The molecule has 0 bridgehead atoms. The lowest BCUT2D eigenvalue weighted by atomic mass is 10.0. The Bertz CT molecular complexity index is 1230. The molecule has 0 aliphatic heterocycles. The van der Waals surface area contributed by atoms with Crippen LogP contribution in [0.3, 0.4) is 0 Å². The molecule has 0 saturated carbocycles. The second kappa shape index (κ2) is 8.99. The summed E-state index contributed by atoms with van der Waals surface area (Å²) in [5.74, 6) is 2.02. The maximum absolute atomic E-state index is 4.95. The number of aromatic nitrogens is 4. The van der Waals surface area contributed by atoms with Crippen molar-refractivity contribution >= 4 is 17.3 Å². The number of aryl methyl sites for hydroxylation is 3. The van der Waals surface area contributed by atoms with Crippen LogP contribution in [0.5, 0.6) is 0 Å². The first-order valence-electron chi connectivity index (χ1n) is 11.2. The minimum atomic E-state index is 0.833. The highest BCUT2D eigenvalue weighted by Crippen LogP contribution is 2.33. The van der Waals surface area contributed by atoms with E-state index in [1.165, 1.54) is 11.1 Å². The lowest BCUT2D eigenvalue weighted by Gasteiger charge is -2.25. The van der Waals surface area contributed by atoms with Crippen molar-refractivity contribution in [3.63, 3.8) is 0 Å². The average molecular weight is 429 g/mol. The van der Waals surface area contributed by atoms with Gasteiger partial charge in [-0.25, -0.2) is 9.97 Å². The van der Waals surface area contributed by atoms with Gasteiger partial charge in [0.15, 0.2) is 5.65 Å². The molecule has 0 spiro atoms. The van der Waals surface area contributed by atoms with Crippen molar-refractivity contribution in [2.75, 3.05) is 30.4 Å². The predicted octanol–water partition coefficient (Wildman–Crippen LogP) is 5.20. The molecule has 166 valence electrons. The van der Waals surface area contributed by atoms with Gasteiger partial charge < -0.3 is 9.80 Å². The zero-order valence-electron chi connectivity index (χ0n) is 19.9. The number of nitrogens with zero attached hydrogens (tertiary/aromatic N) is 6. The van der Waals surface area contributed by atoms with E-state index in [1.807, 2.05) is 29.7 Å². The number of hydrogen-bond acceptors (Lipinski definition) is 5. The van der Waals surface area contributed by atoms with E-state index in [4.69, 9.17) is 10.1 Å². The molecule has 3 aromatic heterocycles. The Hall–Kier alpha value is -3.41. The van der Waals surface area contributed by atoms with Crippen LogP contribution in [-0.2, 0) is 6.54 Å². The van der Waals surface area contributed by atoms with Crippen LogP contribution in [0.15, 0.2) is 48.7 Å². The van der Waals surface area contributed by atoms with E-state index < -0.39 is 0 Å². The smallest absolute Gasteiger partial charge is 0.165 e. The first-order valence-corrected chi connectivity index (χ1v) is 11.2. The molecular formula is C26H32N6. The van der Waals surface area contributed by atoms with Crippen molar-refractivity contribution in [2.24, 2.45) is 0 Å². The van der Waals surface area contributed by atoms with Crippen LogP contribution in [0.4, 0.5) is 11.6 Å². The van der Waals surface area contributed by atoms with E-state index in [2.05, 4.69) is 80.0 Å². The summed E-state index contributed by atoms with van der Waals surface area (Å²) < 4.78 is 2.01. The molecule has 4 rings (SSSR count). The molecule has 32 heavy (non-hydrogen) atoms. The van der Waals surface area contributed by atoms with E-state index in [-0.39, 0.29) is 0 Å². The normalized spacial score (nSPS) is 11.2. The second-order valence-electron chi connectivity index (χ2n) is 8.61. The van der Waals surface area contributed by atoms with Gasteiger partial charge in [0.1, 0.15) is 11.6 Å². The Morgan fingerprint density at radius 3 is 2.41 bits per heavy atom. The molecule has 0 aliphatic rings. The summed E-state index contributed by atoms with van der Waals surface area (Å²) in [5, 5.41) is 4.95. The van der Waals surface area contributed by atoms with Crippen molar-refractivity contribution in [1.82, 2.24) is 19.6 Å². The fraction of sp³-hybridized carbons (Fsp3) is 0.346. The van der Waals surface area contributed by atoms with Crippen molar-refractivity contribution in [3.8, 4) is 11.1 Å². The van der Waals surface area contributed by atoms with Gasteiger partial charge in [0.05, 0.1) is 11.3 Å². The summed E-state index contributed by atoms with van der Waals surface area (Å²) in [4.78, 5) is 14.0. The molecule has 6 heteroatoms. The average Bonchev–Trinajstić information content (AvgIpc) is 3.09. The third-order valence-corrected chi connectivity index (χ3v) is 5.73. The van der Waals surface area contributed by atoms with Crippen LogP contribution in [0.25, 0.3) is 16.8 Å². The topological polar surface area (TPSA) is 49.6 Å². The lowest BCUT2D eigenvalue weighted by molar-refractivity contribution is 0.728. The van der Waals surface area contributed by atoms with Crippen LogP contribution in [0, 0.1) is 20.8 Å². The third kappa shape index (κ3) is 4.17. The predicted molar refractivity (Wildman–Crippen MR) is 133 cm³/mol. The first kappa shape index (κ1) is 21.8. The third-order valence-electron chi connectivity index (χ3n) is 5.73. The maximum atomic E-state index is 4.95. The van der Waals surface area contributed by atoms with Crippen LogP contribution in [-0.4, -0.2) is 40.2 Å². The Labute approximate surface area is 190 Å². The number of fused-ring (bicyclic) bond motifs is 1. The summed E-state index contributed by atoms with van der Waals surface area (Å²) in [6.45, 7) is 10.2. The standard InChI is InChI=1S/C26H32N6/c1-7-13-31(17-21-11-9-8-10-12-21)24-15-19(3)28-26-25(20(4)29-32(24)26)22-16-27-23(30(5)6)14-18(22)2/h8-12,14-16H,7,13,17H2,1-6H3. The molecule has 1 aromatic carbocycles. The van der Waals surface area contributed by atoms with Gasteiger partial charge in [-0.3, -0.25) is 0 Å². The van der Waals surface area contributed by atoms with Crippen LogP contribution < -0.4 is 9.80 Å². The quantitative estimate of drug-likeness (QED) is 0.405. The van der Waals surface area contributed by atoms with Crippen LogP contribution in [0.1, 0.15) is 35.9 Å². The zero-order valence-corrected chi connectivity index (χ0v) is 19.9. The number of anilines is 2. The molecule has 4 aromatic rings. The summed E-state index contributed by atoms with van der Waals surface area (Å²) in [6, 6.07) is 14.9.